The van der Waals surface area contributed by atoms with Gasteiger partial charge in [0.2, 0.25) is 0 Å². The minimum absolute atomic E-state index is 0.0640. The van der Waals surface area contributed by atoms with E-state index in [1.54, 1.807) is 18.3 Å². The molecular weight excluding hydrogens is 324 g/mol. The van der Waals surface area contributed by atoms with Crippen LogP contribution in [-0.4, -0.2) is 17.2 Å². The maximum atomic E-state index is 12.3. The number of phenolic OH excluding ortho intramolecular Hbond substituents is 1. The van der Waals surface area contributed by atoms with Crippen molar-refractivity contribution in [1.82, 2.24) is 5.43 Å². The van der Waals surface area contributed by atoms with Gasteiger partial charge < -0.3 is 5.11 Å². The molecular formula is C22H22N2O2. The Kier molecular flexibility index (Phi) is 4.76. The van der Waals surface area contributed by atoms with Crippen molar-refractivity contribution in [2.75, 3.05) is 0 Å². The Hall–Kier alpha value is -3.14. The first-order chi connectivity index (χ1) is 12.3. The van der Waals surface area contributed by atoms with Crippen molar-refractivity contribution in [3.63, 3.8) is 0 Å². The molecule has 3 aromatic carbocycles. The van der Waals surface area contributed by atoms with Crippen molar-refractivity contribution in [1.29, 1.82) is 0 Å². The minimum atomic E-state index is -0.448. The van der Waals surface area contributed by atoms with Crippen LogP contribution in [-0.2, 0) is 5.41 Å². The Morgan fingerprint density at radius 1 is 1.00 bits per heavy atom. The van der Waals surface area contributed by atoms with Crippen LogP contribution in [0.5, 0.6) is 5.75 Å². The van der Waals surface area contributed by atoms with Crippen molar-refractivity contribution in [2.24, 2.45) is 5.10 Å². The molecule has 0 saturated heterocycles. The van der Waals surface area contributed by atoms with E-state index in [2.05, 4.69) is 43.4 Å². The van der Waals surface area contributed by atoms with Crippen LogP contribution in [0.3, 0.4) is 0 Å². The quantitative estimate of drug-likeness (QED) is 0.537. The molecule has 4 nitrogen and oxygen atoms in total. The second kappa shape index (κ2) is 7.00. The predicted octanol–water partition coefficient (Wildman–Crippen LogP) is 4.61. The predicted molar refractivity (Wildman–Crippen MR) is 106 cm³/mol. The van der Waals surface area contributed by atoms with E-state index in [-0.39, 0.29) is 16.7 Å². The number of phenols is 1. The van der Waals surface area contributed by atoms with E-state index in [4.69, 9.17) is 0 Å². The zero-order chi connectivity index (χ0) is 18.7. The van der Waals surface area contributed by atoms with Crippen molar-refractivity contribution >= 4 is 22.9 Å². The van der Waals surface area contributed by atoms with E-state index in [9.17, 15) is 9.90 Å². The molecule has 0 aliphatic carbocycles. The van der Waals surface area contributed by atoms with Crippen LogP contribution in [0.25, 0.3) is 10.8 Å². The van der Waals surface area contributed by atoms with Crippen LogP contribution in [0.2, 0.25) is 0 Å². The molecule has 0 heterocycles. The Bertz CT molecular complexity index is 968. The Labute approximate surface area is 153 Å². The standard InChI is InChI=1S/C22H22N2O2/c1-22(2,3)18-10-8-15(9-11-18)14-23-24-21(26)19-12-16-6-4-5-7-17(16)13-20(19)25/h4-14,25H,1-3H3,(H,24,26)/b23-14-. The van der Waals surface area contributed by atoms with Gasteiger partial charge in [-0.05, 0) is 39.4 Å². The summed E-state index contributed by atoms with van der Waals surface area (Å²) in [6.45, 7) is 6.48. The molecule has 0 fully saturated rings. The normalized spacial score (nSPS) is 11.8. The molecule has 0 aromatic heterocycles. The lowest BCUT2D eigenvalue weighted by Crippen LogP contribution is -2.17. The van der Waals surface area contributed by atoms with Gasteiger partial charge in [-0.2, -0.15) is 5.10 Å². The number of hydrogen-bond donors (Lipinski definition) is 2. The van der Waals surface area contributed by atoms with Crippen molar-refractivity contribution in [3.8, 4) is 5.75 Å². The molecule has 3 rings (SSSR count). The average Bonchev–Trinajstić information content (AvgIpc) is 2.60. The molecule has 0 aliphatic rings. The van der Waals surface area contributed by atoms with Crippen LogP contribution in [0.4, 0.5) is 0 Å². The molecule has 26 heavy (non-hydrogen) atoms. The molecule has 2 N–H and O–H groups in total. The molecule has 0 radical (unpaired) electrons. The van der Waals surface area contributed by atoms with Crippen LogP contribution >= 0.6 is 0 Å². The third-order valence-electron chi connectivity index (χ3n) is 4.27. The number of amides is 1. The zero-order valence-corrected chi connectivity index (χ0v) is 15.2. The van der Waals surface area contributed by atoms with Gasteiger partial charge in [-0.15, -0.1) is 0 Å². The van der Waals surface area contributed by atoms with E-state index in [0.717, 1.165) is 16.3 Å². The molecule has 4 heteroatoms. The van der Waals surface area contributed by atoms with Gasteiger partial charge in [-0.25, -0.2) is 5.43 Å². The van der Waals surface area contributed by atoms with Crippen molar-refractivity contribution in [3.05, 3.63) is 77.4 Å². The van der Waals surface area contributed by atoms with Gasteiger partial charge in [0.1, 0.15) is 5.75 Å². The summed E-state index contributed by atoms with van der Waals surface area (Å²) in [6, 6.07) is 18.8. The second-order valence-corrected chi connectivity index (χ2v) is 7.29. The molecule has 132 valence electrons. The lowest BCUT2D eigenvalue weighted by atomic mass is 9.87. The number of rotatable bonds is 3. The molecule has 0 saturated carbocycles. The third-order valence-corrected chi connectivity index (χ3v) is 4.27. The summed E-state index contributed by atoms with van der Waals surface area (Å²) < 4.78 is 0. The fourth-order valence-electron chi connectivity index (χ4n) is 2.70. The van der Waals surface area contributed by atoms with Gasteiger partial charge in [0.15, 0.2) is 0 Å². The van der Waals surface area contributed by atoms with E-state index < -0.39 is 5.91 Å². The highest BCUT2D eigenvalue weighted by Crippen LogP contribution is 2.25. The van der Waals surface area contributed by atoms with Crippen LogP contribution in [0, 0.1) is 0 Å². The number of hydrogen-bond acceptors (Lipinski definition) is 3. The topological polar surface area (TPSA) is 61.7 Å². The molecule has 0 aliphatic heterocycles. The van der Waals surface area contributed by atoms with Gasteiger partial charge in [-0.3, -0.25) is 4.79 Å². The number of nitrogens with zero attached hydrogens (tertiary/aromatic N) is 1. The smallest absolute Gasteiger partial charge is 0.275 e. The van der Waals surface area contributed by atoms with E-state index >= 15 is 0 Å². The number of carbonyl (C=O) groups is 1. The summed E-state index contributed by atoms with van der Waals surface area (Å²) in [7, 11) is 0. The Balaban J connectivity index is 1.72. The summed E-state index contributed by atoms with van der Waals surface area (Å²) in [5, 5.41) is 15.8. The fraction of sp³-hybridized carbons (Fsp3) is 0.182. The third kappa shape index (κ3) is 3.91. The first-order valence-electron chi connectivity index (χ1n) is 8.50. The summed E-state index contributed by atoms with van der Waals surface area (Å²) in [5.41, 5.74) is 4.89. The Morgan fingerprint density at radius 2 is 1.62 bits per heavy atom. The number of carbonyl (C=O) groups excluding carboxylic acids is 1. The highest BCUT2D eigenvalue weighted by Gasteiger charge is 2.13. The maximum absolute atomic E-state index is 12.3. The molecule has 0 bridgehead atoms. The highest BCUT2D eigenvalue weighted by molar-refractivity contribution is 6.01. The number of hydrazone groups is 1. The molecule has 0 atom stereocenters. The fourth-order valence-corrected chi connectivity index (χ4v) is 2.70. The number of benzene rings is 3. The van der Waals surface area contributed by atoms with Gasteiger partial charge in [0.25, 0.3) is 5.91 Å². The number of fused-ring (bicyclic) bond motifs is 1. The second-order valence-electron chi connectivity index (χ2n) is 7.29. The van der Waals surface area contributed by atoms with Crippen LogP contribution < -0.4 is 5.43 Å². The van der Waals surface area contributed by atoms with Crippen molar-refractivity contribution in [2.45, 2.75) is 26.2 Å². The van der Waals surface area contributed by atoms with Gasteiger partial charge in [-0.1, -0.05) is 69.3 Å². The molecule has 0 spiro atoms. The summed E-state index contributed by atoms with van der Waals surface area (Å²) >= 11 is 0. The van der Waals surface area contributed by atoms with Crippen molar-refractivity contribution < 1.29 is 9.90 Å². The van der Waals surface area contributed by atoms with E-state index in [0.29, 0.717) is 0 Å². The largest absolute Gasteiger partial charge is 0.507 e. The summed E-state index contributed by atoms with van der Waals surface area (Å²) in [6.07, 6.45) is 1.59. The minimum Gasteiger partial charge on any atom is -0.507 e. The molecule has 0 unspecified atom stereocenters. The lowest BCUT2D eigenvalue weighted by Gasteiger charge is -2.18. The summed E-state index contributed by atoms with van der Waals surface area (Å²) in [5.74, 6) is -0.512. The lowest BCUT2D eigenvalue weighted by molar-refractivity contribution is 0.0952. The first-order valence-corrected chi connectivity index (χ1v) is 8.50. The van der Waals surface area contributed by atoms with Crippen LogP contribution in [0.15, 0.2) is 65.8 Å². The highest BCUT2D eigenvalue weighted by atomic mass is 16.3. The van der Waals surface area contributed by atoms with Gasteiger partial charge in [0.05, 0.1) is 11.8 Å². The van der Waals surface area contributed by atoms with Crippen LogP contribution in [0.1, 0.15) is 42.3 Å². The number of aromatic hydroxyl groups is 1. The molecule has 1 amide bonds. The van der Waals surface area contributed by atoms with Gasteiger partial charge >= 0.3 is 0 Å². The first kappa shape index (κ1) is 17.7. The molecule has 3 aromatic rings. The number of nitrogens with one attached hydrogen (secondary N) is 1. The van der Waals surface area contributed by atoms with E-state index in [1.807, 2.05) is 36.4 Å². The maximum Gasteiger partial charge on any atom is 0.275 e. The Morgan fingerprint density at radius 3 is 2.23 bits per heavy atom. The SMILES string of the molecule is CC(C)(C)c1ccc(/C=N\NC(=O)c2cc3ccccc3cc2O)cc1. The van der Waals surface area contributed by atoms with E-state index in [1.165, 1.54) is 5.56 Å². The summed E-state index contributed by atoms with van der Waals surface area (Å²) in [4.78, 5) is 12.3. The zero-order valence-electron chi connectivity index (χ0n) is 15.2. The average molecular weight is 346 g/mol. The van der Waals surface area contributed by atoms with Gasteiger partial charge in [0, 0.05) is 0 Å². The monoisotopic (exact) mass is 346 g/mol.